The van der Waals surface area contributed by atoms with E-state index in [-0.39, 0.29) is 5.41 Å². The van der Waals surface area contributed by atoms with Crippen LogP contribution < -0.4 is 5.73 Å². The largest absolute Gasteiger partial charge is 0.330 e. The molecule has 1 heterocycles. The summed E-state index contributed by atoms with van der Waals surface area (Å²) in [7, 11) is 0. The van der Waals surface area contributed by atoms with Crippen LogP contribution in [0.2, 0.25) is 0 Å². The molecule has 1 aromatic heterocycles. The van der Waals surface area contributed by atoms with Crippen molar-refractivity contribution in [1.82, 2.24) is 0 Å². The molecule has 96 valence electrons. The molecule has 0 radical (unpaired) electrons. The molecule has 0 atom stereocenters. The Kier molecular flexibility index (Phi) is 3.50. The minimum absolute atomic E-state index is 0.126. The molecule has 0 spiro atoms. The molecule has 0 aliphatic rings. The molecule has 0 saturated carbocycles. The third-order valence-corrected chi connectivity index (χ3v) is 4.46. The summed E-state index contributed by atoms with van der Waals surface area (Å²) in [4.78, 5) is 1.90. The van der Waals surface area contributed by atoms with Gasteiger partial charge in [0.25, 0.3) is 0 Å². The van der Waals surface area contributed by atoms with Crippen LogP contribution in [-0.2, 0) is 5.41 Å². The number of benzene rings is 1. The lowest BCUT2D eigenvalue weighted by molar-refractivity contribution is 0.550. The highest BCUT2D eigenvalue weighted by Gasteiger charge is 2.21. The highest BCUT2D eigenvalue weighted by Crippen LogP contribution is 2.35. The number of thiophene rings is 1. The standard InChI is InChI=1S/C14H15F2NS/c1-14(2,8-17)13-6-5-12(18-13)10-4-3-9(15)7-11(10)16/h3-7H,8,17H2,1-2H3. The Morgan fingerprint density at radius 3 is 2.50 bits per heavy atom. The third kappa shape index (κ3) is 2.44. The highest BCUT2D eigenvalue weighted by molar-refractivity contribution is 7.15. The predicted molar refractivity (Wildman–Crippen MR) is 71.8 cm³/mol. The predicted octanol–water partition coefficient (Wildman–Crippen LogP) is 3.93. The second kappa shape index (κ2) is 4.78. The van der Waals surface area contributed by atoms with Crippen molar-refractivity contribution in [2.24, 2.45) is 5.73 Å². The van der Waals surface area contributed by atoms with Crippen LogP contribution in [0.25, 0.3) is 10.4 Å². The molecule has 2 N–H and O–H groups in total. The van der Waals surface area contributed by atoms with Gasteiger partial charge in [-0.2, -0.15) is 0 Å². The minimum atomic E-state index is -0.560. The molecule has 0 saturated heterocycles. The molecule has 0 fully saturated rings. The van der Waals surface area contributed by atoms with Crippen molar-refractivity contribution in [1.29, 1.82) is 0 Å². The van der Waals surface area contributed by atoms with E-state index in [4.69, 9.17) is 5.73 Å². The van der Waals surface area contributed by atoms with Crippen molar-refractivity contribution in [3.8, 4) is 10.4 Å². The van der Waals surface area contributed by atoms with Crippen LogP contribution in [0.1, 0.15) is 18.7 Å². The number of nitrogens with two attached hydrogens (primary N) is 1. The zero-order valence-electron chi connectivity index (χ0n) is 10.3. The van der Waals surface area contributed by atoms with Crippen molar-refractivity contribution >= 4 is 11.3 Å². The Morgan fingerprint density at radius 2 is 1.89 bits per heavy atom. The van der Waals surface area contributed by atoms with Gasteiger partial charge in [0.2, 0.25) is 0 Å². The molecule has 4 heteroatoms. The quantitative estimate of drug-likeness (QED) is 0.896. The van der Waals surface area contributed by atoms with Crippen LogP contribution >= 0.6 is 11.3 Å². The highest BCUT2D eigenvalue weighted by atomic mass is 32.1. The molecule has 0 unspecified atom stereocenters. The molecule has 2 rings (SSSR count). The van der Waals surface area contributed by atoms with Gasteiger partial charge in [-0.05, 0) is 24.3 Å². The summed E-state index contributed by atoms with van der Waals surface area (Å²) in [6.45, 7) is 4.62. The molecule has 0 aliphatic carbocycles. The second-order valence-electron chi connectivity index (χ2n) is 4.88. The van der Waals surface area contributed by atoms with Gasteiger partial charge in [-0.25, -0.2) is 8.78 Å². The first kappa shape index (κ1) is 13.2. The lowest BCUT2D eigenvalue weighted by Gasteiger charge is -2.20. The van der Waals surface area contributed by atoms with Crippen LogP contribution in [0, 0.1) is 11.6 Å². The summed E-state index contributed by atoms with van der Waals surface area (Å²) in [5, 5.41) is 0. The number of rotatable bonds is 3. The first-order valence-corrected chi connectivity index (χ1v) is 6.51. The van der Waals surface area contributed by atoms with Crippen LogP contribution in [0.4, 0.5) is 8.78 Å². The van der Waals surface area contributed by atoms with E-state index in [0.717, 1.165) is 15.8 Å². The Bertz CT molecular complexity index is 561. The molecule has 18 heavy (non-hydrogen) atoms. The van der Waals surface area contributed by atoms with Gasteiger partial charge in [-0.15, -0.1) is 11.3 Å². The van der Waals surface area contributed by atoms with Crippen molar-refractivity contribution in [3.63, 3.8) is 0 Å². The molecule has 1 nitrogen and oxygen atoms in total. The molecule has 0 amide bonds. The van der Waals surface area contributed by atoms with Gasteiger partial charge in [-0.3, -0.25) is 0 Å². The van der Waals surface area contributed by atoms with Gasteiger partial charge in [0.1, 0.15) is 11.6 Å². The minimum Gasteiger partial charge on any atom is -0.330 e. The maximum atomic E-state index is 13.7. The van der Waals surface area contributed by atoms with Gasteiger partial charge in [0.05, 0.1) is 0 Å². The Labute approximate surface area is 109 Å². The lowest BCUT2D eigenvalue weighted by atomic mass is 9.92. The Hall–Kier alpha value is -1.26. The molecule has 2 aromatic rings. The topological polar surface area (TPSA) is 26.0 Å². The summed E-state index contributed by atoms with van der Waals surface area (Å²) < 4.78 is 26.5. The third-order valence-electron chi connectivity index (χ3n) is 2.98. The normalized spacial score (nSPS) is 11.8. The van der Waals surface area contributed by atoms with Gasteiger partial charge >= 0.3 is 0 Å². The van der Waals surface area contributed by atoms with E-state index in [2.05, 4.69) is 0 Å². The van der Waals surface area contributed by atoms with Gasteiger partial charge in [0.15, 0.2) is 0 Å². The van der Waals surface area contributed by atoms with Crippen molar-refractivity contribution in [3.05, 3.63) is 46.8 Å². The van der Waals surface area contributed by atoms with Crippen molar-refractivity contribution < 1.29 is 8.78 Å². The molecule has 1 aromatic carbocycles. The maximum Gasteiger partial charge on any atom is 0.134 e. The lowest BCUT2D eigenvalue weighted by Crippen LogP contribution is -2.26. The van der Waals surface area contributed by atoms with E-state index in [1.54, 1.807) is 0 Å². The molecular weight excluding hydrogens is 252 g/mol. The van der Waals surface area contributed by atoms with E-state index in [1.807, 2.05) is 26.0 Å². The van der Waals surface area contributed by atoms with Crippen LogP contribution in [-0.4, -0.2) is 6.54 Å². The number of hydrogen-bond donors (Lipinski definition) is 1. The van der Waals surface area contributed by atoms with Gasteiger partial charge in [0, 0.05) is 33.3 Å². The fourth-order valence-electron chi connectivity index (χ4n) is 1.64. The zero-order valence-corrected chi connectivity index (χ0v) is 11.2. The van der Waals surface area contributed by atoms with Crippen LogP contribution in [0.3, 0.4) is 0 Å². The summed E-state index contributed by atoms with van der Waals surface area (Å²) in [5.41, 5.74) is 6.02. The van der Waals surface area contributed by atoms with E-state index in [0.29, 0.717) is 12.1 Å². The van der Waals surface area contributed by atoms with E-state index in [1.165, 1.54) is 23.5 Å². The Morgan fingerprint density at radius 1 is 1.17 bits per heavy atom. The number of hydrogen-bond acceptors (Lipinski definition) is 2. The van der Waals surface area contributed by atoms with Crippen LogP contribution in [0.5, 0.6) is 0 Å². The molecule has 0 aliphatic heterocycles. The van der Waals surface area contributed by atoms with Gasteiger partial charge in [-0.1, -0.05) is 13.8 Å². The van der Waals surface area contributed by atoms with Crippen LogP contribution in [0.15, 0.2) is 30.3 Å². The fourth-order valence-corrected chi connectivity index (χ4v) is 2.78. The smallest absolute Gasteiger partial charge is 0.134 e. The molecule has 0 bridgehead atoms. The summed E-state index contributed by atoms with van der Waals surface area (Å²) in [5.74, 6) is -1.09. The van der Waals surface area contributed by atoms with E-state index in [9.17, 15) is 8.78 Å². The summed E-state index contributed by atoms with van der Waals surface area (Å²) in [6, 6.07) is 7.45. The average Bonchev–Trinajstić information content (AvgIpc) is 2.79. The SMILES string of the molecule is CC(C)(CN)c1ccc(-c2ccc(F)cc2F)s1. The maximum absolute atomic E-state index is 13.7. The van der Waals surface area contributed by atoms with Gasteiger partial charge < -0.3 is 5.73 Å². The van der Waals surface area contributed by atoms with Crippen molar-refractivity contribution in [2.75, 3.05) is 6.54 Å². The first-order chi connectivity index (χ1) is 8.44. The second-order valence-corrected chi connectivity index (χ2v) is 5.96. The van der Waals surface area contributed by atoms with E-state index < -0.39 is 11.6 Å². The fraction of sp³-hybridized carbons (Fsp3) is 0.286. The summed E-state index contributed by atoms with van der Waals surface area (Å²) in [6.07, 6.45) is 0. The average molecular weight is 267 g/mol. The molecular formula is C14H15F2NS. The monoisotopic (exact) mass is 267 g/mol. The van der Waals surface area contributed by atoms with Crippen molar-refractivity contribution in [2.45, 2.75) is 19.3 Å². The summed E-state index contributed by atoms with van der Waals surface area (Å²) >= 11 is 1.50. The number of halogens is 2. The van der Waals surface area contributed by atoms with E-state index >= 15 is 0 Å². The zero-order chi connectivity index (χ0) is 13.3. The first-order valence-electron chi connectivity index (χ1n) is 5.70. The Balaban J connectivity index is 2.41.